The molecule has 1 N–H and O–H groups in total. The molecule has 10 heteroatoms. The Morgan fingerprint density at radius 3 is 2.20 bits per heavy atom. The molecule has 8 nitrogen and oxygen atoms in total. The van der Waals surface area contributed by atoms with Crippen LogP contribution in [0.15, 0.2) is 77.7 Å². The van der Waals surface area contributed by atoms with Crippen molar-refractivity contribution in [1.82, 2.24) is 10.2 Å². The van der Waals surface area contributed by atoms with Gasteiger partial charge in [0, 0.05) is 17.6 Å². The Labute approximate surface area is 248 Å². The van der Waals surface area contributed by atoms with Crippen LogP contribution in [0.4, 0.5) is 5.69 Å². The van der Waals surface area contributed by atoms with Gasteiger partial charge in [0.25, 0.3) is 10.0 Å². The lowest BCUT2D eigenvalue weighted by molar-refractivity contribution is -0.140. The molecule has 0 spiro atoms. The zero-order valence-electron chi connectivity index (χ0n) is 24.1. The number of ether oxygens (including phenoxy) is 1. The number of nitrogens with one attached hydrogen (secondary N) is 1. The molecule has 0 saturated heterocycles. The van der Waals surface area contributed by atoms with Crippen LogP contribution in [0.25, 0.3) is 0 Å². The Hall–Kier alpha value is -3.56. The number of hydrogen-bond donors (Lipinski definition) is 1. The molecular weight excluding hydrogens is 562 g/mol. The summed E-state index contributed by atoms with van der Waals surface area (Å²) in [5, 5.41) is 3.37. The number of carbonyl (C=O) groups excluding carboxylic acids is 2. The number of rotatable bonds is 13. The number of nitrogens with zero attached hydrogens (tertiary/aromatic N) is 2. The minimum Gasteiger partial charge on any atom is -0.497 e. The van der Waals surface area contributed by atoms with Gasteiger partial charge in [-0.25, -0.2) is 8.42 Å². The molecule has 0 heterocycles. The number of hydrogen-bond acceptors (Lipinski definition) is 5. The van der Waals surface area contributed by atoms with E-state index in [0.717, 1.165) is 21.9 Å². The van der Waals surface area contributed by atoms with E-state index in [9.17, 15) is 18.0 Å². The van der Waals surface area contributed by atoms with E-state index in [1.807, 2.05) is 45.9 Å². The first-order chi connectivity index (χ1) is 19.5. The molecule has 2 atom stereocenters. The lowest BCUT2D eigenvalue weighted by Gasteiger charge is -2.33. The van der Waals surface area contributed by atoms with Crippen LogP contribution in [0.1, 0.15) is 44.7 Å². The van der Waals surface area contributed by atoms with Gasteiger partial charge in [-0.3, -0.25) is 13.9 Å². The van der Waals surface area contributed by atoms with Gasteiger partial charge in [-0.05, 0) is 86.3 Å². The van der Waals surface area contributed by atoms with Crippen LogP contribution in [-0.4, -0.2) is 50.9 Å². The van der Waals surface area contributed by atoms with Crippen molar-refractivity contribution < 1.29 is 22.7 Å². The summed E-state index contributed by atoms with van der Waals surface area (Å²) in [4.78, 5) is 28.9. The van der Waals surface area contributed by atoms with Gasteiger partial charge in [0.05, 0.1) is 17.7 Å². The smallest absolute Gasteiger partial charge is 0.264 e. The highest BCUT2D eigenvalue weighted by Gasteiger charge is 2.34. The van der Waals surface area contributed by atoms with Crippen molar-refractivity contribution in [3.05, 3.63) is 88.9 Å². The first-order valence-corrected chi connectivity index (χ1v) is 15.4. The molecule has 0 fully saturated rings. The first-order valence-electron chi connectivity index (χ1n) is 13.6. The van der Waals surface area contributed by atoms with Crippen LogP contribution < -0.4 is 14.4 Å². The lowest BCUT2D eigenvalue weighted by atomic mass is 10.1. The third-order valence-electron chi connectivity index (χ3n) is 6.87. The van der Waals surface area contributed by atoms with Gasteiger partial charge in [-0.2, -0.15) is 0 Å². The van der Waals surface area contributed by atoms with Gasteiger partial charge in [0.15, 0.2) is 0 Å². The fourth-order valence-corrected chi connectivity index (χ4v) is 5.87. The predicted molar refractivity (Wildman–Crippen MR) is 163 cm³/mol. The minimum atomic E-state index is -4.16. The van der Waals surface area contributed by atoms with Crippen LogP contribution in [0.3, 0.4) is 0 Å². The molecule has 0 unspecified atom stereocenters. The van der Waals surface area contributed by atoms with Gasteiger partial charge < -0.3 is 15.0 Å². The van der Waals surface area contributed by atoms with Crippen LogP contribution >= 0.6 is 11.6 Å². The molecule has 0 radical (unpaired) electrons. The van der Waals surface area contributed by atoms with E-state index in [4.69, 9.17) is 16.3 Å². The summed E-state index contributed by atoms with van der Waals surface area (Å²) in [7, 11) is -2.60. The Morgan fingerprint density at radius 2 is 1.63 bits per heavy atom. The van der Waals surface area contributed by atoms with Crippen molar-refractivity contribution in [1.29, 1.82) is 0 Å². The first kappa shape index (κ1) is 32.0. The highest BCUT2D eigenvalue weighted by Crippen LogP contribution is 2.26. The van der Waals surface area contributed by atoms with Crippen molar-refractivity contribution in [3.63, 3.8) is 0 Å². The predicted octanol–water partition coefficient (Wildman–Crippen LogP) is 5.57. The summed E-state index contributed by atoms with van der Waals surface area (Å²) >= 11 is 6.01. The van der Waals surface area contributed by atoms with Crippen molar-refractivity contribution in [2.45, 2.75) is 64.1 Å². The zero-order valence-corrected chi connectivity index (χ0v) is 25.7. The molecule has 2 amide bonds. The summed E-state index contributed by atoms with van der Waals surface area (Å²) in [6.07, 6.45) is 1.08. The molecule has 3 rings (SSSR count). The van der Waals surface area contributed by atoms with Gasteiger partial charge >= 0.3 is 0 Å². The third-order valence-corrected chi connectivity index (χ3v) is 8.91. The molecule has 41 heavy (non-hydrogen) atoms. The van der Waals surface area contributed by atoms with Gasteiger partial charge in [0.2, 0.25) is 11.8 Å². The summed E-state index contributed by atoms with van der Waals surface area (Å²) in [5.74, 6) is -0.134. The molecule has 0 saturated carbocycles. The van der Waals surface area contributed by atoms with Crippen molar-refractivity contribution in [2.75, 3.05) is 18.0 Å². The quantitative estimate of drug-likeness (QED) is 0.277. The third kappa shape index (κ3) is 8.24. The normalized spacial score (nSPS) is 12.7. The maximum atomic E-state index is 14.1. The molecule has 0 aliphatic rings. The maximum Gasteiger partial charge on any atom is 0.264 e. The van der Waals surface area contributed by atoms with E-state index in [1.54, 1.807) is 37.4 Å². The number of carbonyl (C=O) groups is 2. The number of methoxy groups -OCH3 is 1. The van der Waals surface area contributed by atoms with E-state index in [-0.39, 0.29) is 23.4 Å². The van der Waals surface area contributed by atoms with Gasteiger partial charge in [0.1, 0.15) is 18.3 Å². The second-order valence-electron chi connectivity index (χ2n) is 9.92. The fourth-order valence-electron chi connectivity index (χ4n) is 4.33. The summed E-state index contributed by atoms with van der Waals surface area (Å²) in [6, 6.07) is 19.1. The maximum absolute atomic E-state index is 14.1. The number of sulfonamides is 1. The van der Waals surface area contributed by atoms with Crippen molar-refractivity contribution in [3.8, 4) is 5.75 Å². The Balaban J connectivity index is 2.05. The van der Waals surface area contributed by atoms with Crippen LogP contribution in [0.5, 0.6) is 5.75 Å². The largest absolute Gasteiger partial charge is 0.497 e. The van der Waals surface area contributed by atoms with Crippen LogP contribution in [0.2, 0.25) is 5.02 Å². The Morgan fingerprint density at radius 1 is 0.976 bits per heavy atom. The molecule has 220 valence electrons. The number of halogens is 1. The van der Waals surface area contributed by atoms with E-state index in [1.165, 1.54) is 29.2 Å². The van der Waals surface area contributed by atoms with Gasteiger partial charge in [-0.15, -0.1) is 0 Å². The molecule has 0 bridgehead atoms. The molecular formula is C31H38ClN3O5S. The SMILES string of the molecule is CC[C@H](C)NC(=O)[C@H](CC)N(Cc1ccc(OC)cc1)C(=O)CN(c1cccc(C)c1)S(=O)(=O)c1ccc(Cl)cc1. The molecule has 3 aromatic rings. The number of anilines is 1. The van der Waals surface area contributed by atoms with E-state index < -0.39 is 28.5 Å². The van der Waals surface area contributed by atoms with Crippen LogP contribution in [-0.2, 0) is 26.2 Å². The zero-order chi connectivity index (χ0) is 30.2. The Kier molecular flexibility index (Phi) is 11.2. The lowest BCUT2D eigenvalue weighted by Crippen LogP contribution is -2.53. The molecule has 3 aromatic carbocycles. The van der Waals surface area contributed by atoms with E-state index >= 15 is 0 Å². The monoisotopic (exact) mass is 599 g/mol. The van der Waals surface area contributed by atoms with Crippen LogP contribution in [0, 0.1) is 6.92 Å². The molecule has 0 aliphatic heterocycles. The summed E-state index contributed by atoms with van der Waals surface area (Å²) in [6.45, 7) is 7.15. The molecule has 0 aromatic heterocycles. The average molecular weight is 600 g/mol. The van der Waals surface area contributed by atoms with Crippen molar-refractivity contribution in [2.24, 2.45) is 0 Å². The second kappa shape index (κ2) is 14.4. The number of benzene rings is 3. The van der Waals surface area contributed by atoms with E-state index in [2.05, 4.69) is 5.32 Å². The van der Waals surface area contributed by atoms with Crippen molar-refractivity contribution >= 4 is 39.1 Å². The highest BCUT2D eigenvalue weighted by molar-refractivity contribution is 7.92. The van der Waals surface area contributed by atoms with E-state index in [0.29, 0.717) is 22.9 Å². The summed E-state index contributed by atoms with van der Waals surface area (Å²) < 4.78 is 34.2. The fraction of sp³-hybridized carbons (Fsp3) is 0.355. The van der Waals surface area contributed by atoms with Gasteiger partial charge in [-0.1, -0.05) is 49.7 Å². The topological polar surface area (TPSA) is 96.0 Å². The molecule has 0 aliphatic carbocycles. The average Bonchev–Trinajstić information content (AvgIpc) is 2.96. The number of aryl methyl sites for hydroxylation is 1. The highest BCUT2D eigenvalue weighted by atomic mass is 35.5. The summed E-state index contributed by atoms with van der Waals surface area (Å²) in [5.41, 5.74) is 1.95. The Bertz CT molecular complexity index is 1430. The minimum absolute atomic E-state index is 0.000495. The second-order valence-corrected chi connectivity index (χ2v) is 12.2. The standard InChI is InChI=1S/C31H38ClN3O5S/c1-6-23(4)33-31(37)29(7-2)34(20-24-11-15-27(40-5)16-12-24)30(36)21-35(26-10-8-9-22(3)19-26)41(38,39)28-17-13-25(32)14-18-28/h8-19,23,29H,6-7,20-21H2,1-5H3,(H,33,37)/t23-,29-/m0/s1. The number of amides is 2.